The molecule has 0 aliphatic heterocycles. The molecule has 1 aromatic rings. The molecule has 0 aromatic heterocycles. The van der Waals surface area contributed by atoms with Gasteiger partial charge in [0.25, 0.3) is 0 Å². The Morgan fingerprint density at radius 2 is 1.28 bits per heavy atom. The quantitative estimate of drug-likeness (QED) is 0.538. The van der Waals surface area contributed by atoms with Crippen LogP contribution in [-0.2, 0) is 0 Å². The predicted molar refractivity (Wildman–Crippen MR) is 49.0 cm³/mol. The first-order valence-electron chi connectivity index (χ1n) is 4.21. The number of rotatable bonds is 2. The van der Waals surface area contributed by atoms with E-state index in [1.807, 2.05) is 15.9 Å². The van der Waals surface area contributed by atoms with Crippen molar-refractivity contribution >= 4 is 15.9 Å². The average molecular weight is 343 g/mol. The molecule has 0 saturated heterocycles. The first kappa shape index (κ1) is 15.2. The van der Waals surface area contributed by atoms with Crippen LogP contribution < -0.4 is 0 Å². The maximum atomic E-state index is 13.1. The van der Waals surface area contributed by atoms with Crippen LogP contribution in [0.4, 0.5) is 35.1 Å². The van der Waals surface area contributed by atoms with Gasteiger partial charge in [-0.1, -0.05) is 15.9 Å². The number of alkyl halides is 6. The number of benzene rings is 1. The van der Waals surface area contributed by atoms with Gasteiger partial charge in [-0.3, -0.25) is 0 Å². The van der Waals surface area contributed by atoms with Crippen LogP contribution in [0, 0.1) is 17.5 Å². The van der Waals surface area contributed by atoms with Gasteiger partial charge in [0.1, 0.15) is 22.3 Å². The van der Waals surface area contributed by atoms with Gasteiger partial charge >= 0.3 is 12.1 Å². The van der Waals surface area contributed by atoms with E-state index in [0.29, 0.717) is 0 Å². The number of hydrogen-bond donors (Lipinski definition) is 0. The van der Waals surface area contributed by atoms with Gasteiger partial charge in [-0.05, 0) is 0 Å². The van der Waals surface area contributed by atoms with Crippen molar-refractivity contribution in [3.8, 4) is 0 Å². The van der Waals surface area contributed by atoms with E-state index in [2.05, 4.69) is 0 Å². The summed E-state index contributed by atoms with van der Waals surface area (Å²) in [5.41, 5.74) is -1.58. The molecule has 0 bridgehead atoms. The Morgan fingerprint density at radius 3 is 1.61 bits per heavy atom. The molecule has 0 aliphatic carbocycles. The highest BCUT2D eigenvalue weighted by Crippen LogP contribution is 2.49. The Balaban J connectivity index is 3.32. The zero-order valence-corrected chi connectivity index (χ0v) is 9.72. The van der Waals surface area contributed by atoms with E-state index in [9.17, 15) is 35.1 Å². The fourth-order valence-corrected chi connectivity index (χ4v) is 1.82. The summed E-state index contributed by atoms with van der Waals surface area (Å²) in [5, 5.41) is 0. The van der Waals surface area contributed by atoms with Crippen LogP contribution in [0.1, 0.15) is 10.4 Å². The first-order chi connectivity index (χ1) is 7.98. The highest BCUT2D eigenvalue weighted by molar-refractivity contribution is 9.09. The Labute approximate surface area is 104 Å². The summed E-state index contributed by atoms with van der Waals surface area (Å²) >= 11 is 1.90. The highest BCUT2D eigenvalue weighted by Gasteiger charge is 2.63. The molecule has 18 heavy (non-hydrogen) atoms. The second kappa shape index (κ2) is 4.67. The van der Waals surface area contributed by atoms with Gasteiger partial charge < -0.3 is 0 Å². The Kier molecular flexibility index (Phi) is 3.94. The van der Waals surface area contributed by atoms with Crippen molar-refractivity contribution in [2.45, 2.75) is 16.9 Å². The third kappa shape index (κ3) is 2.60. The summed E-state index contributed by atoms with van der Waals surface area (Å²) in [6, 6.07) is 0.0260. The molecule has 1 rings (SSSR count). The van der Waals surface area contributed by atoms with Crippen molar-refractivity contribution in [1.82, 2.24) is 0 Å². The Hall–Kier alpha value is -0.860. The molecule has 1 atom stereocenters. The molecule has 0 N–H and O–H groups in total. The first-order valence-corrected chi connectivity index (χ1v) is 5.13. The van der Waals surface area contributed by atoms with Gasteiger partial charge in [-0.2, -0.15) is 22.0 Å². The third-order valence-electron chi connectivity index (χ3n) is 1.99. The summed E-state index contributed by atoms with van der Waals surface area (Å²) < 4.78 is 100. The fraction of sp³-hybridized carbons (Fsp3) is 0.333. The van der Waals surface area contributed by atoms with E-state index < -0.39 is 39.9 Å². The standard InChI is InChI=1S/C9H3BrF8/c10-7(8(14,15)9(16,17)18)6-4(12)1-3(11)2-5(6)13/h1-2,7H. The molecule has 0 saturated carbocycles. The SMILES string of the molecule is Fc1cc(F)c(C(Br)C(F)(F)C(F)(F)F)c(F)c1. The second-order valence-corrected chi connectivity index (χ2v) is 4.18. The van der Waals surface area contributed by atoms with Gasteiger partial charge in [-0.25, -0.2) is 13.2 Å². The molecule has 1 unspecified atom stereocenters. The number of halogens is 9. The molecule has 0 nitrogen and oxygen atoms in total. The minimum absolute atomic E-state index is 0.0130. The fourth-order valence-electron chi connectivity index (χ4n) is 1.12. The van der Waals surface area contributed by atoms with Crippen LogP contribution >= 0.6 is 15.9 Å². The van der Waals surface area contributed by atoms with Crippen LogP contribution in [-0.4, -0.2) is 12.1 Å². The number of hydrogen-bond acceptors (Lipinski definition) is 0. The van der Waals surface area contributed by atoms with Gasteiger partial charge in [0.15, 0.2) is 0 Å². The second-order valence-electron chi connectivity index (χ2n) is 3.27. The molecule has 0 amide bonds. The maximum Gasteiger partial charge on any atom is 0.454 e. The molecule has 1 aromatic carbocycles. The minimum Gasteiger partial charge on any atom is -0.207 e. The summed E-state index contributed by atoms with van der Waals surface area (Å²) in [6.45, 7) is 0. The van der Waals surface area contributed by atoms with Gasteiger partial charge in [0.05, 0.1) is 0 Å². The van der Waals surface area contributed by atoms with Crippen molar-refractivity contribution in [2.75, 3.05) is 0 Å². The molecular weight excluding hydrogens is 340 g/mol. The van der Waals surface area contributed by atoms with E-state index >= 15 is 0 Å². The zero-order valence-electron chi connectivity index (χ0n) is 8.13. The molecule has 0 radical (unpaired) electrons. The van der Waals surface area contributed by atoms with Crippen LogP contribution in [0.3, 0.4) is 0 Å². The van der Waals surface area contributed by atoms with Gasteiger partial charge in [0.2, 0.25) is 0 Å². The topological polar surface area (TPSA) is 0 Å². The molecule has 0 heterocycles. The molecule has 0 spiro atoms. The molecule has 9 heteroatoms. The van der Waals surface area contributed by atoms with Crippen molar-refractivity contribution in [3.63, 3.8) is 0 Å². The van der Waals surface area contributed by atoms with Crippen molar-refractivity contribution in [3.05, 3.63) is 35.1 Å². The largest absolute Gasteiger partial charge is 0.454 e. The lowest BCUT2D eigenvalue weighted by atomic mass is 10.1. The van der Waals surface area contributed by atoms with Crippen molar-refractivity contribution in [2.24, 2.45) is 0 Å². The summed E-state index contributed by atoms with van der Waals surface area (Å²) in [7, 11) is 0. The summed E-state index contributed by atoms with van der Waals surface area (Å²) in [4.78, 5) is -2.99. The van der Waals surface area contributed by atoms with Crippen LogP contribution in [0.15, 0.2) is 12.1 Å². The van der Waals surface area contributed by atoms with Crippen molar-refractivity contribution in [1.29, 1.82) is 0 Å². The smallest absolute Gasteiger partial charge is 0.207 e. The normalized spacial score (nSPS) is 14.7. The maximum absolute atomic E-state index is 13.1. The lowest BCUT2D eigenvalue weighted by molar-refractivity contribution is -0.281. The summed E-state index contributed by atoms with van der Waals surface area (Å²) in [5.74, 6) is -10.5. The van der Waals surface area contributed by atoms with E-state index in [0.717, 1.165) is 0 Å². The highest BCUT2D eigenvalue weighted by atomic mass is 79.9. The van der Waals surface area contributed by atoms with Gasteiger partial charge in [0, 0.05) is 17.7 Å². The molecular formula is C9H3BrF8. The monoisotopic (exact) mass is 342 g/mol. The van der Waals surface area contributed by atoms with E-state index in [1.165, 1.54) is 0 Å². The molecule has 102 valence electrons. The van der Waals surface area contributed by atoms with Crippen molar-refractivity contribution < 1.29 is 35.1 Å². The average Bonchev–Trinajstić information content (AvgIpc) is 2.13. The van der Waals surface area contributed by atoms with E-state index in [-0.39, 0.29) is 12.1 Å². The van der Waals surface area contributed by atoms with E-state index in [1.54, 1.807) is 0 Å². The molecule has 0 aliphatic rings. The van der Waals surface area contributed by atoms with E-state index in [4.69, 9.17) is 0 Å². The predicted octanol–water partition coefficient (Wildman–Crippen LogP) is 4.74. The third-order valence-corrected chi connectivity index (χ3v) is 3.03. The zero-order chi connectivity index (χ0) is 14.3. The van der Waals surface area contributed by atoms with Crippen LogP contribution in [0.5, 0.6) is 0 Å². The molecule has 0 fully saturated rings. The van der Waals surface area contributed by atoms with Crippen LogP contribution in [0.25, 0.3) is 0 Å². The Morgan fingerprint density at radius 1 is 0.889 bits per heavy atom. The minimum atomic E-state index is -6.01. The van der Waals surface area contributed by atoms with Gasteiger partial charge in [-0.15, -0.1) is 0 Å². The lowest BCUT2D eigenvalue weighted by Gasteiger charge is -2.25. The Bertz CT molecular complexity index is 429. The lowest BCUT2D eigenvalue weighted by Crippen LogP contribution is -2.40. The summed E-state index contributed by atoms with van der Waals surface area (Å²) in [6.07, 6.45) is -6.01. The van der Waals surface area contributed by atoms with Crippen LogP contribution in [0.2, 0.25) is 0 Å².